The number of rotatable bonds is 6. The van der Waals surface area contributed by atoms with Crippen molar-refractivity contribution in [1.82, 2.24) is 9.71 Å². The second kappa shape index (κ2) is 7.02. The van der Waals surface area contributed by atoms with Crippen LogP contribution in [0.4, 0.5) is 0 Å². The molecular formula is C14H15BrN2O3S. The van der Waals surface area contributed by atoms with E-state index in [4.69, 9.17) is 4.74 Å². The van der Waals surface area contributed by atoms with Crippen molar-refractivity contribution in [3.63, 3.8) is 0 Å². The predicted molar refractivity (Wildman–Crippen MR) is 83.6 cm³/mol. The van der Waals surface area contributed by atoms with Gasteiger partial charge in [0.25, 0.3) is 0 Å². The van der Waals surface area contributed by atoms with Crippen molar-refractivity contribution in [2.45, 2.75) is 18.4 Å². The lowest BCUT2D eigenvalue weighted by molar-refractivity contribution is 0.330. The third-order valence-corrected chi connectivity index (χ3v) is 4.60. The van der Waals surface area contributed by atoms with Gasteiger partial charge in [0.15, 0.2) is 0 Å². The third-order valence-electron chi connectivity index (χ3n) is 2.66. The van der Waals surface area contributed by atoms with Gasteiger partial charge in [0.2, 0.25) is 10.0 Å². The van der Waals surface area contributed by atoms with E-state index in [1.807, 2.05) is 6.07 Å². The standard InChI is InChI=1S/C14H15BrN2O3S/c1-2-20-13-9-11(15)6-7-14(13)21(18,19)17-10-12-5-3-4-8-16-12/h3-9,17H,2,10H2,1H3. The Hall–Kier alpha value is -1.44. The van der Waals surface area contributed by atoms with Crippen LogP contribution in [0.25, 0.3) is 0 Å². The van der Waals surface area contributed by atoms with E-state index in [9.17, 15) is 8.42 Å². The lowest BCUT2D eigenvalue weighted by Crippen LogP contribution is -2.24. The fourth-order valence-corrected chi connectivity index (χ4v) is 3.18. The molecule has 5 nitrogen and oxygen atoms in total. The molecule has 0 saturated carbocycles. The molecule has 0 radical (unpaired) electrons. The summed E-state index contributed by atoms with van der Waals surface area (Å²) >= 11 is 3.30. The molecule has 0 aliphatic heterocycles. The molecule has 1 aromatic carbocycles. The van der Waals surface area contributed by atoms with Gasteiger partial charge in [-0.05, 0) is 37.3 Å². The summed E-state index contributed by atoms with van der Waals surface area (Å²) in [6.45, 7) is 2.32. The van der Waals surface area contributed by atoms with E-state index in [1.54, 1.807) is 37.4 Å². The Labute approximate surface area is 132 Å². The Morgan fingerprint density at radius 2 is 2.10 bits per heavy atom. The molecule has 0 amide bonds. The van der Waals surface area contributed by atoms with Gasteiger partial charge in [0.05, 0.1) is 18.8 Å². The second-order valence-electron chi connectivity index (χ2n) is 4.17. The topological polar surface area (TPSA) is 68.3 Å². The van der Waals surface area contributed by atoms with Crippen molar-refractivity contribution < 1.29 is 13.2 Å². The van der Waals surface area contributed by atoms with Crippen LogP contribution in [-0.2, 0) is 16.6 Å². The van der Waals surface area contributed by atoms with Gasteiger partial charge in [-0.25, -0.2) is 13.1 Å². The first kappa shape index (κ1) is 15.9. The van der Waals surface area contributed by atoms with Crippen LogP contribution >= 0.6 is 15.9 Å². The number of nitrogens with zero attached hydrogens (tertiary/aromatic N) is 1. The van der Waals surface area contributed by atoms with Crippen LogP contribution in [0.3, 0.4) is 0 Å². The van der Waals surface area contributed by atoms with E-state index in [0.29, 0.717) is 18.1 Å². The van der Waals surface area contributed by atoms with E-state index < -0.39 is 10.0 Å². The summed E-state index contributed by atoms with van der Waals surface area (Å²) in [5, 5.41) is 0. The first-order chi connectivity index (χ1) is 10.0. The van der Waals surface area contributed by atoms with Crippen LogP contribution in [0.5, 0.6) is 5.75 Å². The first-order valence-corrected chi connectivity index (χ1v) is 8.62. The number of sulfonamides is 1. The summed E-state index contributed by atoms with van der Waals surface area (Å²) in [4.78, 5) is 4.20. The maximum atomic E-state index is 12.4. The predicted octanol–water partition coefficient (Wildman–Crippen LogP) is 2.72. The number of benzene rings is 1. The molecule has 1 heterocycles. The minimum absolute atomic E-state index is 0.114. The molecule has 2 rings (SSSR count). The molecule has 1 N–H and O–H groups in total. The van der Waals surface area contributed by atoms with E-state index in [1.165, 1.54) is 6.07 Å². The van der Waals surface area contributed by atoms with Gasteiger partial charge in [-0.2, -0.15) is 0 Å². The zero-order valence-corrected chi connectivity index (χ0v) is 13.8. The Kier molecular flexibility index (Phi) is 5.33. The van der Waals surface area contributed by atoms with Crippen LogP contribution in [0.1, 0.15) is 12.6 Å². The highest BCUT2D eigenvalue weighted by atomic mass is 79.9. The monoisotopic (exact) mass is 370 g/mol. The minimum atomic E-state index is -3.66. The summed E-state index contributed by atoms with van der Waals surface area (Å²) in [7, 11) is -3.66. The van der Waals surface area contributed by atoms with Gasteiger partial charge in [-0.3, -0.25) is 4.98 Å². The fourth-order valence-electron chi connectivity index (χ4n) is 1.72. The number of hydrogen-bond acceptors (Lipinski definition) is 4. The summed E-state index contributed by atoms with van der Waals surface area (Å²) in [5.74, 6) is 0.320. The highest BCUT2D eigenvalue weighted by Crippen LogP contribution is 2.27. The molecule has 0 unspecified atom stereocenters. The Bertz CT molecular complexity index is 705. The summed E-state index contributed by atoms with van der Waals surface area (Å²) in [6, 6.07) is 10.2. The van der Waals surface area contributed by atoms with Gasteiger partial charge in [-0.15, -0.1) is 0 Å². The molecule has 0 aliphatic rings. The molecule has 112 valence electrons. The number of nitrogens with one attached hydrogen (secondary N) is 1. The largest absolute Gasteiger partial charge is 0.492 e. The number of aromatic nitrogens is 1. The van der Waals surface area contributed by atoms with Crippen molar-refractivity contribution in [2.75, 3.05) is 6.61 Å². The maximum Gasteiger partial charge on any atom is 0.244 e. The van der Waals surface area contributed by atoms with Crippen LogP contribution in [0.2, 0.25) is 0 Å². The summed E-state index contributed by atoms with van der Waals surface area (Å²) < 4.78 is 33.4. The van der Waals surface area contributed by atoms with Gasteiger partial charge in [0.1, 0.15) is 10.6 Å². The SMILES string of the molecule is CCOc1cc(Br)ccc1S(=O)(=O)NCc1ccccn1. The molecular weight excluding hydrogens is 356 g/mol. The highest BCUT2D eigenvalue weighted by Gasteiger charge is 2.19. The maximum absolute atomic E-state index is 12.4. The van der Waals surface area contributed by atoms with E-state index >= 15 is 0 Å². The lowest BCUT2D eigenvalue weighted by Gasteiger charge is -2.12. The molecule has 0 atom stereocenters. The number of halogens is 1. The molecule has 0 spiro atoms. The zero-order chi connectivity index (χ0) is 15.3. The van der Waals surface area contributed by atoms with Crippen molar-refractivity contribution in [1.29, 1.82) is 0 Å². The van der Waals surface area contributed by atoms with Crippen LogP contribution in [0.15, 0.2) is 52.0 Å². The number of ether oxygens (including phenoxy) is 1. The second-order valence-corrected chi connectivity index (χ2v) is 6.82. The van der Waals surface area contributed by atoms with Crippen molar-refractivity contribution >= 4 is 26.0 Å². The van der Waals surface area contributed by atoms with Gasteiger partial charge in [0, 0.05) is 10.7 Å². The quantitative estimate of drug-likeness (QED) is 0.848. The van der Waals surface area contributed by atoms with Crippen molar-refractivity contribution in [3.8, 4) is 5.75 Å². The normalized spacial score (nSPS) is 11.3. The number of hydrogen-bond donors (Lipinski definition) is 1. The average molecular weight is 371 g/mol. The van der Waals surface area contributed by atoms with Crippen LogP contribution < -0.4 is 9.46 Å². The van der Waals surface area contributed by atoms with Crippen molar-refractivity contribution in [2.24, 2.45) is 0 Å². The Balaban J connectivity index is 2.23. The molecule has 0 fully saturated rings. The summed E-state index contributed by atoms with van der Waals surface area (Å²) in [5.41, 5.74) is 0.649. The molecule has 0 bridgehead atoms. The van der Waals surface area contributed by atoms with Gasteiger partial charge < -0.3 is 4.74 Å². The molecule has 0 saturated heterocycles. The minimum Gasteiger partial charge on any atom is -0.492 e. The first-order valence-electron chi connectivity index (χ1n) is 6.35. The average Bonchev–Trinajstić information content (AvgIpc) is 2.47. The van der Waals surface area contributed by atoms with Crippen molar-refractivity contribution in [3.05, 3.63) is 52.8 Å². The Morgan fingerprint density at radius 1 is 1.29 bits per heavy atom. The highest BCUT2D eigenvalue weighted by molar-refractivity contribution is 9.10. The third kappa shape index (κ3) is 4.26. The molecule has 2 aromatic rings. The van der Waals surface area contributed by atoms with Crippen LogP contribution in [-0.4, -0.2) is 20.0 Å². The van der Waals surface area contributed by atoms with E-state index in [0.717, 1.165) is 4.47 Å². The smallest absolute Gasteiger partial charge is 0.244 e. The molecule has 0 aliphatic carbocycles. The summed E-state index contributed by atoms with van der Waals surface area (Å²) in [6.07, 6.45) is 1.62. The molecule has 7 heteroatoms. The van der Waals surface area contributed by atoms with Gasteiger partial charge >= 0.3 is 0 Å². The zero-order valence-electron chi connectivity index (χ0n) is 11.4. The van der Waals surface area contributed by atoms with Crippen LogP contribution in [0, 0.1) is 0 Å². The van der Waals surface area contributed by atoms with E-state index in [-0.39, 0.29) is 11.4 Å². The Morgan fingerprint density at radius 3 is 2.76 bits per heavy atom. The van der Waals surface area contributed by atoms with E-state index in [2.05, 4.69) is 25.6 Å². The fraction of sp³-hybridized carbons (Fsp3) is 0.214. The van der Waals surface area contributed by atoms with Gasteiger partial charge in [-0.1, -0.05) is 22.0 Å². The number of pyridine rings is 1. The molecule has 21 heavy (non-hydrogen) atoms. The molecule has 1 aromatic heterocycles. The lowest BCUT2D eigenvalue weighted by atomic mass is 10.3.